The van der Waals surface area contributed by atoms with Gasteiger partial charge in [-0.05, 0) is 123 Å². The molecular weight excluding hydrogens is 468 g/mol. The monoisotopic (exact) mass is 524 g/mol. The van der Waals surface area contributed by atoms with Gasteiger partial charge in [0.2, 0.25) is 0 Å². The van der Waals surface area contributed by atoms with Crippen LogP contribution in [0.25, 0.3) is 0 Å². The van der Waals surface area contributed by atoms with E-state index in [4.69, 9.17) is 8.85 Å². The van der Waals surface area contributed by atoms with E-state index < -0.39 is 22.2 Å². The van der Waals surface area contributed by atoms with Crippen LogP contribution in [0.2, 0.25) is 39.3 Å². The standard InChI is InChI=1S/C29H56O4Si2/c1-27(2,32-34(6,7)8)20-12-14-22(16-19-26(31)28(3,4)33-35(9,10)11)23-17-18-24-25(30)15-13-21-29(23,24)5/h22-24H,12-21H2,1-11H3/t22-,23+,24-,29+/m0/s1. The van der Waals surface area contributed by atoms with Crippen LogP contribution < -0.4 is 0 Å². The van der Waals surface area contributed by atoms with Crippen molar-refractivity contribution in [3.8, 4) is 0 Å². The van der Waals surface area contributed by atoms with Gasteiger partial charge in [0.25, 0.3) is 0 Å². The molecule has 0 aliphatic heterocycles. The highest BCUT2D eigenvalue weighted by molar-refractivity contribution is 6.70. The summed E-state index contributed by atoms with van der Waals surface area (Å²) in [4.78, 5) is 26.1. The van der Waals surface area contributed by atoms with Crippen LogP contribution in [0.3, 0.4) is 0 Å². The van der Waals surface area contributed by atoms with E-state index in [1.807, 2.05) is 13.8 Å². The van der Waals surface area contributed by atoms with E-state index in [2.05, 4.69) is 60.1 Å². The number of Topliss-reactive ketones (excluding diaryl/α,β-unsaturated/α-hetero) is 2. The molecule has 0 heterocycles. The first-order valence-electron chi connectivity index (χ1n) is 14.2. The zero-order valence-corrected chi connectivity index (χ0v) is 26.9. The van der Waals surface area contributed by atoms with Crippen molar-refractivity contribution in [1.29, 1.82) is 0 Å². The largest absolute Gasteiger partial charge is 0.413 e. The van der Waals surface area contributed by atoms with Crippen molar-refractivity contribution >= 4 is 28.2 Å². The van der Waals surface area contributed by atoms with Gasteiger partial charge in [-0.2, -0.15) is 0 Å². The molecule has 0 unspecified atom stereocenters. The van der Waals surface area contributed by atoms with Crippen molar-refractivity contribution in [1.82, 2.24) is 0 Å². The molecule has 2 aliphatic carbocycles. The summed E-state index contributed by atoms with van der Waals surface area (Å²) in [6.45, 7) is 24.0. The van der Waals surface area contributed by atoms with Gasteiger partial charge >= 0.3 is 0 Å². The highest BCUT2D eigenvalue weighted by Crippen LogP contribution is 2.58. The molecule has 0 aromatic carbocycles. The minimum Gasteiger partial charge on any atom is -0.413 e. The van der Waals surface area contributed by atoms with E-state index in [1.54, 1.807) is 0 Å². The average Bonchev–Trinajstić information content (AvgIpc) is 2.98. The lowest BCUT2D eigenvalue weighted by Gasteiger charge is -2.43. The Labute approximate surface area is 219 Å². The molecule has 0 radical (unpaired) electrons. The second-order valence-corrected chi connectivity index (χ2v) is 23.7. The van der Waals surface area contributed by atoms with Crippen molar-refractivity contribution in [2.45, 2.75) is 149 Å². The lowest BCUT2D eigenvalue weighted by Crippen LogP contribution is -2.44. The third-order valence-electron chi connectivity index (χ3n) is 8.42. The van der Waals surface area contributed by atoms with Crippen molar-refractivity contribution in [3.05, 3.63) is 0 Å². The van der Waals surface area contributed by atoms with Crippen LogP contribution in [-0.2, 0) is 18.4 Å². The highest BCUT2D eigenvalue weighted by Gasteiger charge is 2.53. The molecule has 4 atom stereocenters. The van der Waals surface area contributed by atoms with E-state index in [-0.39, 0.29) is 22.7 Å². The summed E-state index contributed by atoms with van der Waals surface area (Å²) in [5.41, 5.74) is -0.718. The Balaban J connectivity index is 2.14. The predicted octanol–water partition coefficient (Wildman–Crippen LogP) is 8.17. The Bertz CT molecular complexity index is 747. The van der Waals surface area contributed by atoms with Gasteiger partial charge in [-0.15, -0.1) is 0 Å². The van der Waals surface area contributed by atoms with Gasteiger partial charge in [0.05, 0.1) is 5.60 Å². The van der Waals surface area contributed by atoms with Crippen LogP contribution in [-0.4, -0.2) is 39.4 Å². The van der Waals surface area contributed by atoms with Gasteiger partial charge in [0.15, 0.2) is 22.4 Å². The second-order valence-electron chi connectivity index (χ2n) is 14.9. The fourth-order valence-corrected chi connectivity index (χ4v) is 10.8. The van der Waals surface area contributed by atoms with Gasteiger partial charge in [-0.25, -0.2) is 0 Å². The van der Waals surface area contributed by atoms with E-state index in [1.165, 1.54) is 0 Å². The Morgan fingerprint density at radius 2 is 1.60 bits per heavy atom. The van der Waals surface area contributed by atoms with Gasteiger partial charge in [-0.3, -0.25) is 9.59 Å². The maximum absolute atomic E-state index is 13.3. The van der Waals surface area contributed by atoms with Crippen LogP contribution in [0.4, 0.5) is 0 Å². The minimum atomic E-state index is -1.81. The lowest BCUT2D eigenvalue weighted by molar-refractivity contribution is -0.134. The van der Waals surface area contributed by atoms with Crippen molar-refractivity contribution < 1.29 is 18.4 Å². The molecule has 0 bridgehead atoms. The lowest BCUT2D eigenvalue weighted by atomic mass is 9.61. The minimum absolute atomic E-state index is 0.109. The fourth-order valence-electron chi connectivity index (χ4n) is 7.40. The van der Waals surface area contributed by atoms with E-state index >= 15 is 0 Å². The van der Waals surface area contributed by atoms with Crippen molar-refractivity contribution in [2.24, 2.45) is 23.2 Å². The normalized spacial score (nSPS) is 27.1. The zero-order chi connectivity index (χ0) is 26.9. The summed E-state index contributed by atoms with van der Waals surface area (Å²) in [5, 5.41) is 0. The maximum atomic E-state index is 13.3. The quantitative estimate of drug-likeness (QED) is 0.228. The molecule has 0 saturated heterocycles. The molecule has 2 aliphatic rings. The molecule has 0 N–H and O–H groups in total. The van der Waals surface area contributed by atoms with Gasteiger partial charge < -0.3 is 8.85 Å². The molecule has 0 aromatic heterocycles. The molecular formula is C29H56O4Si2. The van der Waals surface area contributed by atoms with Crippen LogP contribution in [0.1, 0.15) is 98.8 Å². The van der Waals surface area contributed by atoms with E-state index in [0.29, 0.717) is 24.0 Å². The second kappa shape index (κ2) is 11.2. The maximum Gasteiger partial charge on any atom is 0.185 e. The third-order valence-corrected chi connectivity index (χ3v) is 10.7. The van der Waals surface area contributed by atoms with Crippen LogP contribution in [0.15, 0.2) is 0 Å². The number of carbonyl (C=O) groups excluding carboxylic acids is 2. The van der Waals surface area contributed by atoms with E-state index in [0.717, 1.165) is 57.8 Å². The van der Waals surface area contributed by atoms with Gasteiger partial charge in [-0.1, -0.05) is 19.8 Å². The Morgan fingerprint density at radius 3 is 2.17 bits per heavy atom. The summed E-state index contributed by atoms with van der Waals surface area (Å²) in [6, 6.07) is 0. The molecule has 0 spiro atoms. The Kier molecular flexibility index (Phi) is 9.90. The summed E-state index contributed by atoms with van der Waals surface area (Å²) < 4.78 is 12.7. The summed E-state index contributed by atoms with van der Waals surface area (Å²) in [7, 11) is -3.41. The topological polar surface area (TPSA) is 52.6 Å². The summed E-state index contributed by atoms with van der Waals surface area (Å²) in [6.07, 6.45) is 9.87. The smallest absolute Gasteiger partial charge is 0.185 e. The van der Waals surface area contributed by atoms with Crippen molar-refractivity contribution in [2.75, 3.05) is 0 Å². The number of carbonyl (C=O) groups is 2. The molecule has 6 heteroatoms. The molecule has 0 aromatic rings. The number of hydrogen-bond acceptors (Lipinski definition) is 4. The molecule has 2 rings (SSSR count). The molecule has 0 amide bonds. The Morgan fingerprint density at radius 1 is 1.00 bits per heavy atom. The molecule has 2 saturated carbocycles. The van der Waals surface area contributed by atoms with Crippen LogP contribution in [0.5, 0.6) is 0 Å². The number of hydrogen-bond donors (Lipinski definition) is 0. The van der Waals surface area contributed by atoms with E-state index in [9.17, 15) is 9.59 Å². The molecule has 2 fully saturated rings. The number of rotatable bonds is 13. The van der Waals surface area contributed by atoms with Gasteiger partial charge in [0, 0.05) is 18.8 Å². The molecule has 4 nitrogen and oxygen atoms in total. The first-order chi connectivity index (χ1) is 15.8. The van der Waals surface area contributed by atoms with Crippen LogP contribution in [0, 0.1) is 23.2 Å². The molecule has 204 valence electrons. The van der Waals surface area contributed by atoms with Gasteiger partial charge in [0.1, 0.15) is 11.4 Å². The molecule has 35 heavy (non-hydrogen) atoms. The van der Waals surface area contributed by atoms with Crippen LogP contribution >= 0.6 is 0 Å². The fraction of sp³-hybridized carbons (Fsp3) is 0.931. The SMILES string of the molecule is CC(C)(CCC[C@@H](CCC(=O)C(C)(C)O[Si](C)(C)C)[C@H]1CC[C@H]2C(=O)CCC[C@]12C)O[Si](C)(C)C. The van der Waals surface area contributed by atoms with Crippen molar-refractivity contribution in [3.63, 3.8) is 0 Å². The summed E-state index contributed by atoms with van der Waals surface area (Å²) >= 11 is 0. The number of ketones is 2. The number of fused-ring (bicyclic) bond motifs is 1. The first-order valence-corrected chi connectivity index (χ1v) is 21.0. The first kappa shape index (κ1) is 30.9. The zero-order valence-electron chi connectivity index (χ0n) is 24.9. The third kappa shape index (κ3) is 8.89. The predicted molar refractivity (Wildman–Crippen MR) is 152 cm³/mol. The highest BCUT2D eigenvalue weighted by atomic mass is 28.4. The summed E-state index contributed by atoms with van der Waals surface area (Å²) in [5.74, 6) is 1.96. The average molecular weight is 525 g/mol. The Hall–Kier alpha value is -0.306.